The quantitative estimate of drug-likeness (QED) is 0.201. The number of nitrogens with zero attached hydrogens (tertiary/aromatic N) is 2. The lowest BCUT2D eigenvalue weighted by Gasteiger charge is -2.31. The molecule has 0 bridgehead atoms. The van der Waals surface area contributed by atoms with Crippen LogP contribution in [0.1, 0.15) is 92.3 Å². The Kier molecular flexibility index (Phi) is 9.98. The summed E-state index contributed by atoms with van der Waals surface area (Å²) in [5.74, 6) is -0.334. The van der Waals surface area contributed by atoms with E-state index in [1.165, 1.54) is 19.1 Å². The van der Waals surface area contributed by atoms with Crippen LogP contribution in [0.15, 0.2) is 67.0 Å². The van der Waals surface area contributed by atoms with E-state index >= 15 is 0 Å². The summed E-state index contributed by atoms with van der Waals surface area (Å²) in [5, 5.41) is 1.59. The van der Waals surface area contributed by atoms with Gasteiger partial charge in [-0.05, 0) is 74.1 Å². The van der Waals surface area contributed by atoms with Gasteiger partial charge in [-0.1, -0.05) is 63.4 Å². The van der Waals surface area contributed by atoms with Crippen LogP contribution in [0.2, 0.25) is 5.02 Å². The molecule has 0 unspecified atom stereocenters. The topological polar surface area (TPSA) is 52.0 Å². The SMILES string of the molecule is CC(=O)c1cn(Cc2ccccn2)c2cc(Cl)ccc12.CCCC(C)(CCC)c1ccc(F)cc1C(C)=O. The van der Waals surface area contributed by atoms with Gasteiger partial charge in [0.2, 0.25) is 0 Å². The molecule has 2 heterocycles. The van der Waals surface area contributed by atoms with Gasteiger partial charge in [0.1, 0.15) is 5.82 Å². The number of carbonyl (C=O) groups is 2. The molecule has 2 aromatic heterocycles. The minimum Gasteiger partial charge on any atom is -0.341 e. The van der Waals surface area contributed by atoms with Gasteiger partial charge in [-0.3, -0.25) is 14.6 Å². The van der Waals surface area contributed by atoms with Gasteiger partial charge in [-0.25, -0.2) is 4.39 Å². The van der Waals surface area contributed by atoms with Gasteiger partial charge in [0.25, 0.3) is 0 Å². The number of halogens is 2. The van der Waals surface area contributed by atoms with E-state index in [2.05, 4.69) is 25.8 Å². The lowest BCUT2D eigenvalue weighted by atomic mass is 9.73. The minimum absolute atomic E-state index is 0.0296. The lowest BCUT2D eigenvalue weighted by Crippen LogP contribution is -2.24. The molecule has 0 aliphatic carbocycles. The molecule has 4 nitrogen and oxygen atoms in total. The van der Waals surface area contributed by atoms with Crippen LogP contribution in [0, 0.1) is 5.82 Å². The molecule has 0 amide bonds. The monoisotopic (exact) mass is 534 g/mol. The van der Waals surface area contributed by atoms with Crippen LogP contribution in [0.3, 0.4) is 0 Å². The van der Waals surface area contributed by atoms with E-state index in [9.17, 15) is 14.0 Å². The highest BCUT2D eigenvalue weighted by molar-refractivity contribution is 6.31. The first kappa shape index (κ1) is 29.2. The molecule has 200 valence electrons. The largest absolute Gasteiger partial charge is 0.341 e. The fourth-order valence-corrected chi connectivity index (χ4v) is 5.34. The van der Waals surface area contributed by atoms with Crippen molar-refractivity contribution in [2.75, 3.05) is 0 Å². The van der Waals surface area contributed by atoms with Gasteiger partial charge in [-0.15, -0.1) is 0 Å². The van der Waals surface area contributed by atoms with E-state index in [1.54, 1.807) is 25.3 Å². The number of fused-ring (bicyclic) bond motifs is 1. The summed E-state index contributed by atoms with van der Waals surface area (Å²) < 4.78 is 15.3. The van der Waals surface area contributed by atoms with E-state index in [1.807, 2.05) is 41.1 Å². The van der Waals surface area contributed by atoms with E-state index in [-0.39, 0.29) is 22.8 Å². The van der Waals surface area contributed by atoms with Crippen LogP contribution in [0.25, 0.3) is 10.9 Å². The predicted octanol–water partition coefficient (Wildman–Crippen LogP) is 8.83. The molecule has 0 N–H and O–H groups in total. The van der Waals surface area contributed by atoms with Crippen molar-refractivity contribution in [2.45, 2.75) is 72.3 Å². The highest BCUT2D eigenvalue weighted by atomic mass is 35.5. The molecule has 0 aliphatic heterocycles. The Morgan fingerprint density at radius 2 is 1.63 bits per heavy atom. The smallest absolute Gasteiger partial charge is 0.161 e. The third-order valence-corrected chi connectivity index (χ3v) is 7.13. The zero-order valence-corrected chi connectivity index (χ0v) is 23.6. The van der Waals surface area contributed by atoms with Crippen molar-refractivity contribution in [3.05, 3.63) is 100 Å². The fourth-order valence-electron chi connectivity index (χ4n) is 5.17. The maximum atomic E-state index is 13.3. The molecule has 0 aliphatic rings. The maximum Gasteiger partial charge on any atom is 0.161 e. The number of hydrogen-bond acceptors (Lipinski definition) is 3. The summed E-state index contributed by atoms with van der Waals surface area (Å²) in [6.45, 7) is 10.2. The van der Waals surface area contributed by atoms with Gasteiger partial charge in [0.15, 0.2) is 11.6 Å². The minimum atomic E-state index is -0.334. The molecule has 0 fully saturated rings. The van der Waals surface area contributed by atoms with Crippen molar-refractivity contribution in [3.8, 4) is 0 Å². The first-order valence-electron chi connectivity index (χ1n) is 13.1. The van der Waals surface area contributed by atoms with Crippen molar-refractivity contribution in [1.82, 2.24) is 9.55 Å². The Labute approximate surface area is 229 Å². The molecule has 0 saturated carbocycles. The van der Waals surface area contributed by atoms with Crippen molar-refractivity contribution in [3.63, 3.8) is 0 Å². The number of pyridine rings is 1. The third-order valence-electron chi connectivity index (χ3n) is 6.90. The Morgan fingerprint density at radius 3 is 2.21 bits per heavy atom. The average Bonchev–Trinajstić information content (AvgIpc) is 3.23. The highest BCUT2D eigenvalue weighted by Gasteiger charge is 2.28. The molecular formula is C32H36ClFN2O2. The Bertz CT molecular complexity index is 1410. The van der Waals surface area contributed by atoms with Crippen LogP contribution in [0.4, 0.5) is 4.39 Å². The normalized spacial score (nSPS) is 11.2. The summed E-state index contributed by atoms with van der Waals surface area (Å²) in [5.41, 5.74) is 4.12. The molecule has 0 saturated heterocycles. The predicted molar refractivity (Wildman–Crippen MR) is 154 cm³/mol. The molecule has 2 aromatic carbocycles. The van der Waals surface area contributed by atoms with Crippen LogP contribution in [0.5, 0.6) is 0 Å². The summed E-state index contributed by atoms with van der Waals surface area (Å²) in [4.78, 5) is 27.8. The Morgan fingerprint density at radius 1 is 0.947 bits per heavy atom. The van der Waals surface area contributed by atoms with Crippen LogP contribution in [-0.2, 0) is 12.0 Å². The number of aromatic nitrogens is 2. The highest BCUT2D eigenvalue weighted by Crippen LogP contribution is 2.36. The third kappa shape index (κ3) is 6.96. The molecule has 0 atom stereocenters. The zero-order valence-electron chi connectivity index (χ0n) is 22.9. The van der Waals surface area contributed by atoms with Crippen molar-refractivity contribution >= 4 is 34.1 Å². The van der Waals surface area contributed by atoms with Crippen LogP contribution in [-0.4, -0.2) is 21.1 Å². The first-order valence-corrected chi connectivity index (χ1v) is 13.5. The van der Waals surface area contributed by atoms with Crippen molar-refractivity contribution in [2.24, 2.45) is 0 Å². The average molecular weight is 535 g/mol. The fraction of sp³-hybridized carbons (Fsp3) is 0.344. The molecular weight excluding hydrogens is 499 g/mol. The molecule has 6 heteroatoms. The number of rotatable bonds is 9. The molecule has 0 radical (unpaired) electrons. The van der Waals surface area contributed by atoms with Gasteiger partial charge < -0.3 is 4.57 Å². The van der Waals surface area contributed by atoms with Crippen LogP contribution < -0.4 is 0 Å². The van der Waals surface area contributed by atoms with E-state index in [0.717, 1.165) is 47.8 Å². The second-order valence-electron chi connectivity index (χ2n) is 10.0. The number of benzene rings is 2. The van der Waals surface area contributed by atoms with Crippen molar-refractivity contribution in [1.29, 1.82) is 0 Å². The summed E-state index contributed by atoms with van der Waals surface area (Å²) in [6.07, 6.45) is 7.80. The van der Waals surface area contributed by atoms with Crippen LogP contribution >= 0.6 is 11.6 Å². The summed E-state index contributed by atoms with van der Waals surface area (Å²) in [7, 11) is 0. The number of hydrogen-bond donors (Lipinski definition) is 0. The van der Waals surface area contributed by atoms with Gasteiger partial charge in [-0.2, -0.15) is 0 Å². The Balaban J connectivity index is 0.000000212. The lowest BCUT2D eigenvalue weighted by molar-refractivity contribution is 0.100. The molecule has 0 spiro atoms. The number of ketones is 2. The van der Waals surface area contributed by atoms with Gasteiger partial charge in [0.05, 0.1) is 17.8 Å². The van der Waals surface area contributed by atoms with Crippen molar-refractivity contribution < 1.29 is 14.0 Å². The number of Topliss-reactive ketones (excluding diaryl/α,β-unsaturated/α-hetero) is 2. The summed E-state index contributed by atoms with van der Waals surface area (Å²) >= 11 is 6.07. The van der Waals surface area contributed by atoms with E-state index in [4.69, 9.17) is 11.6 Å². The van der Waals surface area contributed by atoms with E-state index in [0.29, 0.717) is 22.7 Å². The first-order chi connectivity index (χ1) is 18.1. The second-order valence-corrected chi connectivity index (χ2v) is 10.5. The van der Waals surface area contributed by atoms with E-state index < -0.39 is 0 Å². The maximum absolute atomic E-state index is 13.3. The molecule has 38 heavy (non-hydrogen) atoms. The summed E-state index contributed by atoms with van der Waals surface area (Å²) in [6, 6.07) is 16.0. The van der Waals surface area contributed by atoms with Gasteiger partial charge in [0, 0.05) is 33.9 Å². The number of carbonyl (C=O) groups excluding carboxylic acids is 2. The Hall–Kier alpha value is -3.31. The standard InChI is InChI=1S/C16H13ClN2O.C16H23FO/c1-11(20)15-10-19(9-13-4-2-3-7-18-13)16-8-12(17)5-6-14(15)16;1-5-9-16(4,10-6-2)15-8-7-13(17)11-14(15)12(3)18/h2-8,10H,9H2,1H3;7-8,11H,5-6,9-10H2,1-4H3. The molecule has 4 rings (SSSR count). The molecule has 4 aromatic rings. The van der Waals surface area contributed by atoms with Gasteiger partial charge >= 0.3 is 0 Å². The zero-order chi connectivity index (χ0) is 27.9. The second kappa shape index (κ2) is 13.0.